The van der Waals surface area contributed by atoms with E-state index >= 15 is 0 Å². The quantitative estimate of drug-likeness (QED) is 0.811. The Kier molecular flexibility index (Phi) is 3.93. The van der Waals surface area contributed by atoms with E-state index in [0.29, 0.717) is 18.8 Å². The summed E-state index contributed by atoms with van der Waals surface area (Å²) in [6.07, 6.45) is 6.15. The minimum absolute atomic E-state index is 0.0617. The molecule has 3 rings (SSSR count). The number of rotatable bonds is 2. The summed E-state index contributed by atoms with van der Waals surface area (Å²) >= 11 is 0. The monoisotopic (exact) mass is 304 g/mol. The molecule has 0 aromatic carbocycles. The second kappa shape index (κ2) is 5.74. The highest BCUT2D eigenvalue weighted by Gasteiger charge is 2.37. The maximum absolute atomic E-state index is 12.6. The fourth-order valence-corrected chi connectivity index (χ4v) is 3.51. The van der Waals surface area contributed by atoms with Gasteiger partial charge in [-0.15, -0.1) is 0 Å². The molecule has 6 nitrogen and oxygen atoms in total. The predicted octanol–water partition coefficient (Wildman–Crippen LogP) is 1.42. The molecular formula is C16H24N4O2. The third kappa shape index (κ3) is 2.87. The lowest BCUT2D eigenvalue weighted by atomic mass is 10.0. The molecule has 1 fully saturated rings. The van der Waals surface area contributed by atoms with Crippen LogP contribution in [0.3, 0.4) is 0 Å². The van der Waals surface area contributed by atoms with Gasteiger partial charge in [-0.3, -0.25) is 14.7 Å². The van der Waals surface area contributed by atoms with Gasteiger partial charge in [-0.2, -0.15) is 5.10 Å². The maximum atomic E-state index is 12.6. The number of aryl methyl sites for hydroxylation is 1. The van der Waals surface area contributed by atoms with Gasteiger partial charge in [0.25, 0.3) is 5.91 Å². The summed E-state index contributed by atoms with van der Waals surface area (Å²) in [5.74, 6) is -0.0566. The fourth-order valence-electron chi connectivity index (χ4n) is 3.51. The molecule has 0 bridgehead atoms. The number of hydrogen-bond donors (Lipinski definition) is 2. The number of carbonyl (C=O) groups excluding carboxylic acids is 2. The minimum atomic E-state index is -0.362. The van der Waals surface area contributed by atoms with E-state index in [9.17, 15) is 9.59 Å². The summed E-state index contributed by atoms with van der Waals surface area (Å²) < 4.78 is 0. The van der Waals surface area contributed by atoms with Crippen molar-refractivity contribution < 1.29 is 9.59 Å². The minimum Gasteiger partial charge on any atom is -0.344 e. The predicted molar refractivity (Wildman–Crippen MR) is 82.6 cm³/mol. The van der Waals surface area contributed by atoms with Crippen LogP contribution >= 0.6 is 0 Å². The Bertz CT molecular complexity index is 595. The number of fused-ring (bicyclic) bond motifs is 1. The first-order chi connectivity index (χ1) is 10.5. The molecule has 2 amide bonds. The average molecular weight is 304 g/mol. The Morgan fingerprint density at radius 1 is 1.27 bits per heavy atom. The Morgan fingerprint density at radius 2 is 2.05 bits per heavy atom. The van der Waals surface area contributed by atoms with E-state index in [1.807, 2.05) is 6.92 Å². The molecule has 2 heterocycles. The van der Waals surface area contributed by atoms with Gasteiger partial charge in [0.05, 0.1) is 5.54 Å². The lowest BCUT2D eigenvalue weighted by molar-refractivity contribution is -0.128. The third-order valence-corrected chi connectivity index (χ3v) is 4.86. The maximum Gasteiger partial charge on any atom is 0.272 e. The van der Waals surface area contributed by atoms with Crippen molar-refractivity contribution in [2.24, 2.45) is 0 Å². The number of nitrogens with one attached hydrogen (secondary N) is 2. The molecule has 0 spiro atoms. The summed E-state index contributed by atoms with van der Waals surface area (Å²) in [6.45, 7) is 4.84. The van der Waals surface area contributed by atoms with Gasteiger partial charge in [0.15, 0.2) is 5.69 Å². The van der Waals surface area contributed by atoms with E-state index in [1.54, 1.807) is 11.8 Å². The van der Waals surface area contributed by atoms with Gasteiger partial charge in [0, 0.05) is 31.3 Å². The molecule has 0 saturated carbocycles. The molecule has 0 unspecified atom stereocenters. The zero-order valence-electron chi connectivity index (χ0n) is 13.4. The van der Waals surface area contributed by atoms with Crippen LogP contribution in [-0.4, -0.2) is 45.5 Å². The Morgan fingerprint density at radius 3 is 2.77 bits per heavy atom. The number of likely N-dealkylation sites (tertiary alicyclic amines) is 1. The van der Waals surface area contributed by atoms with Crippen LogP contribution in [0.15, 0.2) is 0 Å². The molecular weight excluding hydrogens is 280 g/mol. The van der Waals surface area contributed by atoms with Crippen LogP contribution in [0.4, 0.5) is 0 Å². The third-order valence-electron chi connectivity index (χ3n) is 4.86. The fraction of sp³-hybridized carbons (Fsp3) is 0.688. The van der Waals surface area contributed by atoms with E-state index < -0.39 is 0 Å². The normalized spacial score (nSPS) is 24.7. The summed E-state index contributed by atoms with van der Waals surface area (Å²) in [4.78, 5) is 25.9. The number of carbonyl (C=O) groups is 2. The Balaban J connectivity index is 1.73. The van der Waals surface area contributed by atoms with Gasteiger partial charge in [-0.25, -0.2) is 0 Å². The highest BCUT2D eigenvalue weighted by molar-refractivity contribution is 5.94. The van der Waals surface area contributed by atoms with Crippen molar-refractivity contribution in [1.29, 1.82) is 0 Å². The summed E-state index contributed by atoms with van der Waals surface area (Å²) in [5, 5.41) is 10.4. The van der Waals surface area contributed by atoms with Crippen LogP contribution in [0.5, 0.6) is 0 Å². The van der Waals surface area contributed by atoms with Crippen molar-refractivity contribution in [2.45, 2.75) is 57.9 Å². The molecule has 1 aliphatic carbocycles. The number of aromatic amines is 1. The second-order valence-electron chi connectivity index (χ2n) is 6.80. The molecule has 1 saturated heterocycles. The first-order valence-electron chi connectivity index (χ1n) is 8.13. The Labute approximate surface area is 130 Å². The molecule has 6 heteroatoms. The van der Waals surface area contributed by atoms with Crippen molar-refractivity contribution in [3.8, 4) is 0 Å². The van der Waals surface area contributed by atoms with Gasteiger partial charge >= 0.3 is 0 Å². The highest BCUT2D eigenvalue weighted by Crippen LogP contribution is 2.24. The highest BCUT2D eigenvalue weighted by atomic mass is 16.2. The zero-order chi connectivity index (χ0) is 15.7. The lowest BCUT2D eigenvalue weighted by Crippen LogP contribution is -2.48. The molecule has 1 atom stereocenters. The molecule has 1 aliphatic heterocycles. The largest absolute Gasteiger partial charge is 0.344 e. The van der Waals surface area contributed by atoms with Crippen LogP contribution in [0.2, 0.25) is 0 Å². The Hall–Kier alpha value is -1.85. The summed E-state index contributed by atoms with van der Waals surface area (Å²) in [5.41, 5.74) is 2.38. The van der Waals surface area contributed by atoms with Crippen LogP contribution in [0.1, 0.15) is 61.3 Å². The molecule has 2 aliphatic rings. The smallest absolute Gasteiger partial charge is 0.272 e. The summed E-state index contributed by atoms with van der Waals surface area (Å²) in [6, 6.07) is 0. The summed E-state index contributed by atoms with van der Waals surface area (Å²) in [7, 11) is 0. The SMILES string of the molecule is CC(=O)N1CC[C@@](C)(NC(=O)c2n[nH]c3c2CCCCC3)C1. The molecule has 0 radical (unpaired) electrons. The number of hydrogen-bond acceptors (Lipinski definition) is 3. The molecule has 120 valence electrons. The molecule has 2 N–H and O–H groups in total. The van der Waals surface area contributed by atoms with E-state index in [-0.39, 0.29) is 17.4 Å². The van der Waals surface area contributed by atoms with E-state index in [2.05, 4.69) is 15.5 Å². The van der Waals surface area contributed by atoms with Gasteiger partial charge < -0.3 is 10.2 Å². The second-order valence-corrected chi connectivity index (χ2v) is 6.80. The van der Waals surface area contributed by atoms with Crippen molar-refractivity contribution >= 4 is 11.8 Å². The molecule has 1 aromatic rings. The standard InChI is InChI=1S/C16H24N4O2/c1-11(21)20-9-8-16(2,10-20)17-15(22)14-12-6-4-3-5-7-13(12)18-19-14/h3-10H2,1-2H3,(H,17,22)(H,18,19)/t16-/m1/s1. The van der Waals surface area contributed by atoms with Crippen LogP contribution < -0.4 is 5.32 Å². The van der Waals surface area contributed by atoms with Gasteiger partial charge in [-0.1, -0.05) is 6.42 Å². The van der Waals surface area contributed by atoms with Crippen LogP contribution in [0, 0.1) is 0 Å². The van der Waals surface area contributed by atoms with E-state index in [4.69, 9.17) is 0 Å². The van der Waals surface area contributed by atoms with E-state index in [0.717, 1.165) is 43.4 Å². The average Bonchev–Trinajstić information content (AvgIpc) is 2.96. The van der Waals surface area contributed by atoms with Gasteiger partial charge in [0.2, 0.25) is 5.91 Å². The number of aromatic nitrogens is 2. The van der Waals surface area contributed by atoms with Crippen LogP contribution in [-0.2, 0) is 17.6 Å². The van der Waals surface area contributed by atoms with Crippen molar-refractivity contribution in [1.82, 2.24) is 20.4 Å². The van der Waals surface area contributed by atoms with Gasteiger partial charge in [-0.05, 0) is 39.0 Å². The zero-order valence-corrected chi connectivity index (χ0v) is 13.4. The van der Waals surface area contributed by atoms with Gasteiger partial charge in [0.1, 0.15) is 0 Å². The van der Waals surface area contributed by atoms with Crippen molar-refractivity contribution in [3.63, 3.8) is 0 Å². The first kappa shape index (κ1) is 15.1. The first-order valence-corrected chi connectivity index (χ1v) is 8.13. The topological polar surface area (TPSA) is 78.1 Å². The lowest BCUT2D eigenvalue weighted by Gasteiger charge is -2.25. The number of amides is 2. The number of nitrogens with zero attached hydrogens (tertiary/aromatic N) is 2. The number of H-pyrrole nitrogens is 1. The van der Waals surface area contributed by atoms with E-state index in [1.165, 1.54) is 6.42 Å². The van der Waals surface area contributed by atoms with Crippen molar-refractivity contribution in [3.05, 3.63) is 17.0 Å². The molecule has 22 heavy (non-hydrogen) atoms. The van der Waals surface area contributed by atoms with Crippen LogP contribution in [0.25, 0.3) is 0 Å². The molecule has 1 aromatic heterocycles. The van der Waals surface area contributed by atoms with Crippen molar-refractivity contribution in [2.75, 3.05) is 13.1 Å².